The lowest BCUT2D eigenvalue weighted by molar-refractivity contribution is -0.117. The number of benzene rings is 2. The molecule has 6 heteroatoms. The van der Waals surface area contributed by atoms with Crippen molar-refractivity contribution in [3.05, 3.63) is 58.6 Å². The number of hydrogen-bond acceptors (Lipinski definition) is 4. The van der Waals surface area contributed by atoms with E-state index < -0.39 is 0 Å². The zero-order chi connectivity index (χ0) is 19.5. The van der Waals surface area contributed by atoms with Gasteiger partial charge in [-0.15, -0.1) is 0 Å². The molecule has 0 unspecified atom stereocenters. The number of rotatable bonds is 4. The normalized spacial score (nSPS) is 16.5. The smallest absolute Gasteiger partial charge is 0.227 e. The first kappa shape index (κ1) is 18.6. The van der Waals surface area contributed by atoms with Gasteiger partial charge in [-0.2, -0.15) is 0 Å². The second-order valence-electron chi connectivity index (χ2n) is 6.78. The van der Waals surface area contributed by atoms with Crippen molar-refractivity contribution >= 4 is 35.1 Å². The average molecular weight is 398 g/mol. The molecule has 0 spiro atoms. The molecule has 1 saturated heterocycles. The predicted octanol–water partition coefficient (Wildman–Crippen LogP) is 4.52. The predicted molar refractivity (Wildman–Crippen MR) is 108 cm³/mol. The molecule has 0 aromatic heterocycles. The first-order chi connectivity index (χ1) is 13.6. The van der Waals surface area contributed by atoms with Gasteiger partial charge in [0.05, 0.1) is 18.2 Å². The maximum Gasteiger partial charge on any atom is 0.227 e. The van der Waals surface area contributed by atoms with Crippen molar-refractivity contribution in [1.29, 1.82) is 0 Å². The number of allylic oxidation sites excluding steroid dienone is 1. The van der Waals surface area contributed by atoms with Gasteiger partial charge in [-0.3, -0.25) is 9.59 Å². The molecule has 0 atom stereocenters. The van der Waals surface area contributed by atoms with E-state index in [1.54, 1.807) is 35.2 Å². The highest BCUT2D eigenvalue weighted by Gasteiger charge is 2.22. The summed E-state index contributed by atoms with van der Waals surface area (Å²) in [6.45, 7) is 1.83. The van der Waals surface area contributed by atoms with Crippen molar-refractivity contribution in [2.24, 2.45) is 0 Å². The van der Waals surface area contributed by atoms with Gasteiger partial charge in [-0.25, -0.2) is 0 Å². The summed E-state index contributed by atoms with van der Waals surface area (Å²) in [7, 11) is 0. The van der Waals surface area contributed by atoms with Crippen LogP contribution in [-0.2, 0) is 4.79 Å². The van der Waals surface area contributed by atoms with Crippen LogP contribution < -0.4 is 14.4 Å². The largest absolute Gasteiger partial charge is 0.489 e. The lowest BCUT2D eigenvalue weighted by atomic mass is 10.1. The lowest BCUT2D eigenvalue weighted by Gasteiger charge is -2.16. The van der Waals surface area contributed by atoms with Gasteiger partial charge >= 0.3 is 0 Å². The molecule has 2 aliphatic heterocycles. The van der Waals surface area contributed by atoms with E-state index in [4.69, 9.17) is 21.1 Å². The summed E-state index contributed by atoms with van der Waals surface area (Å²) in [6, 6.07) is 10.7. The summed E-state index contributed by atoms with van der Waals surface area (Å²) < 4.78 is 11.3. The van der Waals surface area contributed by atoms with Gasteiger partial charge in [0, 0.05) is 30.6 Å². The highest BCUT2D eigenvalue weighted by Crippen LogP contribution is 2.38. The summed E-state index contributed by atoms with van der Waals surface area (Å²) in [6.07, 6.45) is 5.41. The van der Waals surface area contributed by atoms with Crippen LogP contribution in [0.15, 0.2) is 42.5 Å². The minimum atomic E-state index is -0.142. The maximum atomic E-state index is 12.6. The topological polar surface area (TPSA) is 55.8 Å². The molecule has 1 amide bonds. The first-order valence-electron chi connectivity index (χ1n) is 9.34. The second-order valence-corrected chi connectivity index (χ2v) is 7.18. The van der Waals surface area contributed by atoms with Crippen molar-refractivity contribution < 1.29 is 19.1 Å². The van der Waals surface area contributed by atoms with Crippen molar-refractivity contribution in [3.63, 3.8) is 0 Å². The van der Waals surface area contributed by atoms with E-state index >= 15 is 0 Å². The van der Waals surface area contributed by atoms with Gasteiger partial charge < -0.3 is 14.4 Å². The Morgan fingerprint density at radius 1 is 1.11 bits per heavy atom. The van der Waals surface area contributed by atoms with Gasteiger partial charge in [0.25, 0.3) is 0 Å². The minimum absolute atomic E-state index is 0.0991. The fourth-order valence-corrected chi connectivity index (χ4v) is 3.64. The van der Waals surface area contributed by atoms with Gasteiger partial charge in [-0.1, -0.05) is 29.8 Å². The molecule has 0 N–H and O–H groups in total. The van der Waals surface area contributed by atoms with Crippen LogP contribution in [-0.4, -0.2) is 31.4 Å². The molecule has 28 heavy (non-hydrogen) atoms. The summed E-state index contributed by atoms with van der Waals surface area (Å²) in [4.78, 5) is 26.3. The Morgan fingerprint density at radius 2 is 1.96 bits per heavy atom. The SMILES string of the molecule is O=C(/C=C/c1cc(Cl)c2c(c1)OCCCO2)c1cccc(N2CCCC2=O)c1. The van der Waals surface area contributed by atoms with Crippen LogP contribution in [0.1, 0.15) is 35.2 Å². The highest BCUT2D eigenvalue weighted by atomic mass is 35.5. The van der Waals surface area contributed by atoms with Gasteiger partial charge in [0.1, 0.15) is 0 Å². The van der Waals surface area contributed by atoms with E-state index in [-0.39, 0.29) is 11.7 Å². The molecule has 2 aliphatic rings. The quantitative estimate of drug-likeness (QED) is 0.562. The second kappa shape index (κ2) is 8.07. The number of amides is 1. The Bertz CT molecular complexity index is 954. The molecule has 2 aromatic carbocycles. The number of carbonyl (C=O) groups is 2. The number of hydrogen-bond donors (Lipinski definition) is 0. The van der Waals surface area contributed by atoms with Crippen LogP contribution in [0.5, 0.6) is 11.5 Å². The Labute approximate surface area is 168 Å². The first-order valence-corrected chi connectivity index (χ1v) is 9.71. The number of fused-ring (bicyclic) bond motifs is 1. The Balaban J connectivity index is 1.54. The lowest BCUT2D eigenvalue weighted by Crippen LogP contribution is -2.23. The molecule has 0 bridgehead atoms. The third kappa shape index (κ3) is 3.90. The van der Waals surface area contributed by atoms with Gasteiger partial charge in [-0.05, 0) is 42.3 Å². The molecule has 2 heterocycles. The third-order valence-electron chi connectivity index (χ3n) is 4.77. The standard InChI is InChI=1S/C22H20ClNO4/c23-18-12-15(13-20-22(18)28-11-3-10-27-20)7-8-19(25)16-4-1-5-17(14-16)24-9-2-6-21(24)26/h1,4-5,7-8,12-14H,2-3,6,9-11H2/b8-7+. The van der Waals surface area contributed by atoms with Gasteiger partial charge in [0.2, 0.25) is 5.91 Å². The van der Waals surface area contributed by atoms with Crippen LogP contribution in [0, 0.1) is 0 Å². The number of halogens is 1. The van der Waals surface area contributed by atoms with Crippen LogP contribution in [0.2, 0.25) is 5.02 Å². The zero-order valence-corrected chi connectivity index (χ0v) is 16.1. The van der Waals surface area contributed by atoms with Crippen LogP contribution >= 0.6 is 11.6 Å². The zero-order valence-electron chi connectivity index (χ0n) is 15.3. The number of ether oxygens (including phenoxy) is 2. The van der Waals surface area contributed by atoms with Crippen LogP contribution in [0.4, 0.5) is 5.69 Å². The Morgan fingerprint density at radius 3 is 2.79 bits per heavy atom. The Hall–Kier alpha value is -2.79. The van der Waals surface area contributed by atoms with Crippen molar-refractivity contribution in [2.75, 3.05) is 24.7 Å². The number of carbonyl (C=O) groups excluding carboxylic acids is 2. The maximum absolute atomic E-state index is 12.6. The highest BCUT2D eigenvalue weighted by molar-refractivity contribution is 6.32. The number of anilines is 1. The molecule has 0 saturated carbocycles. The fourth-order valence-electron chi connectivity index (χ4n) is 3.36. The van der Waals surface area contributed by atoms with Crippen molar-refractivity contribution in [3.8, 4) is 11.5 Å². The summed E-state index contributed by atoms with van der Waals surface area (Å²) in [5.74, 6) is 1.09. The monoisotopic (exact) mass is 397 g/mol. The van der Waals surface area contributed by atoms with Crippen molar-refractivity contribution in [2.45, 2.75) is 19.3 Å². The molecule has 2 aromatic rings. The van der Waals surface area contributed by atoms with Gasteiger partial charge in [0.15, 0.2) is 17.3 Å². The van der Waals surface area contributed by atoms with Crippen LogP contribution in [0.3, 0.4) is 0 Å². The van der Waals surface area contributed by atoms with E-state index in [2.05, 4.69) is 0 Å². The fraction of sp³-hybridized carbons (Fsp3) is 0.273. The summed E-state index contributed by atoms with van der Waals surface area (Å²) in [5, 5.41) is 0.459. The van der Waals surface area contributed by atoms with E-state index in [9.17, 15) is 9.59 Å². The van der Waals surface area contributed by atoms with E-state index in [1.165, 1.54) is 6.08 Å². The molecule has 0 radical (unpaired) electrons. The average Bonchev–Trinajstić information content (AvgIpc) is 2.98. The molecule has 4 rings (SSSR count). The molecule has 5 nitrogen and oxygen atoms in total. The number of nitrogens with zero attached hydrogens (tertiary/aromatic N) is 1. The Kier molecular flexibility index (Phi) is 5.35. The number of ketones is 1. The molecule has 1 fully saturated rings. The molecular weight excluding hydrogens is 378 g/mol. The van der Waals surface area contributed by atoms with E-state index in [0.717, 1.165) is 24.1 Å². The van der Waals surface area contributed by atoms with E-state index in [0.29, 0.717) is 48.3 Å². The summed E-state index contributed by atoms with van der Waals surface area (Å²) >= 11 is 6.30. The molecule has 0 aliphatic carbocycles. The third-order valence-corrected chi connectivity index (χ3v) is 5.05. The molecular formula is C22H20ClNO4. The van der Waals surface area contributed by atoms with Crippen LogP contribution in [0.25, 0.3) is 6.08 Å². The van der Waals surface area contributed by atoms with E-state index in [1.807, 2.05) is 12.1 Å². The molecule has 144 valence electrons. The summed E-state index contributed by atoms with van der Waals surface area (Å²) in [5.41, 5.74) is 2.06. The minimum Gasteiger partial charge on any atom is -0.489 e. The van der Waals surface area contributed by atoms with Crippen molar-refractivity contribution in [1.82, 2.24) is 0 Å².